The quantitative estimate of drug-likeness (QED) is 0.436. The van der Waals surface area contributed by atoms with Crippen molar-refractivity contribution >= 4 is 39.8 Å². The number of nitrogens with one attached hydrogen (secondary N) is 2. The zero-order valence-electron chi connectivity index (χ0n) is 18.2. The molecule has 0 unspecified atom stereocenters. The maximum Gasteiger partial charge on any atom is 0.303 e. The molecule has 0 amide bonds. The van der Waals surface area contributed by atoms with Gasteiger partial charge in [0.25, 0.3) is 0 Å². The Morgan fingerprint density at radius 1 is 1.21 bits per heavy atom. The average molecular weight is 457 g/mol. The second kappa shape index (κ2) is 9.95. The van der Waals surface area contributed by atoms with Crippen LogP contribution >= 0.6 is 0 Å². The van der Waals surface area contributed by atoms with E-state index in [2.05, 4.69) is 25.5 Å². The van der Waals surface area contributed by atoms with E-state index in [1.807, 2.05) is 6.07 Å². The molecule has 33 heavy (non-hydrogen) atoms. The summed E-state index contributed by atoms with van der Waals surface area (Å²) in [7, 11) is 0. The topological polar surface area (TPSA) is 99.6 Å². The van der Waals surface area contributed by atoms with Crippen LogP contribution < -0.4 is 15.5 Å². The van der Waals surface area contributed by atoms with Gasteiger partial charge in [-0.05, 0) is 19.4 Å². The van der Waals surface area contributed by atoms with E-state index in [1.54, 1.807) is 19.3 Å². The molecule has 3 heterocycles. The molecule has 0 spiro atoms. The fourth-order valence-corrected chi connectivity index (χ4v) is 3.82. The van der Waals surface area contributed by atoms with Crippen LogP contribution in [-0.2, 0) is 9.53 Å². The van der Waals surface area contributed by atoms with E-state index < -0.39 is 17.6 Å². The van der Waals surface area contributed by atoms with E-state index in [4.69, 9.17) is 9.84 Å². The van der Waals surface area contributed by atoms with Crippen LogP contribution in [0.4, 0.5) is 31.7 Å². The first kappa shape index (κ1) is 22.7. The number of hydrogen-bond donors (Lipinski definition) is 3. The van der Waals surface area contributed by atoms with E-state index in [-0.39, 0.29) is 17.3 Å². The lowest BCUT2D eigenvalue weighted by molar-refractivity contribution is -0.137. The van der Waals surface area contributed by atoms with Gasteiger partial charge in [-0.15, -0.1) is 0 Å². The van der Waals surface area contributed by atoms with Crippen LogP contribution in [0.2, 0.25) is 0 Å². The Hall–Kier alpha value is -3.53. The summed E-state index contributed by atoms with van der Waals surface area (Å²) in [4.78, 5) is 21.6. The van der Waals surface area contributed by atoms with Gasteiger partial charge in [-0.25, -0.2) is 13.8 Å². The van der Waals surface area contributed by atoms with Gasteiger partial charge in [0.05, 0.1) is 53.6 Å². The smallest absolute Gasteiger partial charge is 0.303 e. The number of rotatable bonds is 8. The zero-order chi connectivity index (χ0) is 23.4. The summed E-state index contributed by atoms with van der Waals surface area (Å²) < 4.78 is 34.2. The largest absolute Gasteiger partial charge is 0.481 e. The first-order valence-corrected chi connectivity index (χ1v) is 10.7. The lowest BCUT2D eigenvalue weighted by Gasteiger charge is -2.28. The number of halogens is 2. The number of benzene rings is 1. The number of carbonyl (C=O) groups is 1. The molecule has 1 aromatic carbocycles. The molecule has 1 fully saturated rings. The van der Waals surface area contributed by atoms with E-state index in [9.17, 15) is 13.6 Å². The Bertz CT molecular complexity index is 1170. The fraction of sp³-hybridized carbons (Fsp3) is 0.348. The normalized spacial score (nSPS) is 13.8. The van der Waals surface area contributed by atoms with Crippen molar-refractivity contribution in [2.24, 2.45) is 0 Å². The lowest BCUT2D eigenvalue weighted by atomic mass is 10.1. The molecule has 1 aliphatic rings. The van der Waals surface area contributed by atoms with Crippen molar-refractivity contribution in [2.75, 3.05) is 48.4 Å². The van der Waals surface area contributed by atoms with E-state index in [0.29, 0.717) is 48.9 Å². The highest BCUT2D eigenvalue weighted by Gasteiger charge is 2.18. The van der Waals surface area contributed by atoms with Gasteiger partial charge < -0.3 is 25.4 Å². The fourth-order valence-electron chi connectivity index (χ4n) is 3.82. The monoisotopic (exact) mass is 457 g/mol. The standard InChI is InChI=1S/C23H25F2N5O3/c1-14-22(28-16-11-17(13-26-12-16)30-5-7-33-8-6-30)21-18(25)9-15(24)10-19(21)29-23(14)27-4-2-3-20(31)32/h9-13H,2-8H2,1H3,(H,31,32)(H2,27,28,29). The molecule has 174 valence electrons. The van der Waals surface area contributed by atoms with Crippen molar-refractivity contribution in [3.63, 3.8) is 0 Å². The van der Waals surface area contributed by atoms with Gasteiger partial charge in [-0.2, -0.15) is 0 Å². The molecule has 3 aromatic rings. The van der Waals surface area contributed by atoms with Gasteiger partial charge in [-0.1, -0.05) is 0 Å². The van der Waals surface area contributed by atoms with Crippen molar-refractivity contribution in [1.29, 1.82) is 0 Å². The van der Waals surface area contributed by atoms with Crippen LogP contribution in [0.1, 0.15) is 18.4 Å². The number of anilines is 4. The number of morpholine rings is 1. The maximum atomic E-state index is 14.8. The molecular formula is C23H25F2N5O3. The van der Waals surface area contributed by atoms with E-state index >= 15 is 0 Å². The number of aromatic nitrogens is 2. The summed E-state index contributed by atoms with van der Waals surface area (Å²) in [5.74, 6) is -1.91. The third-order valence-corrected chi connectivity index (χ3v) is 5.48. The minimum absolute atomic E-state index is 0.00793. The number of ether oxygens (including phenoxy) is 1. The van der Waals surface area contributed by atoms with Crippen LogP contribution in [0.5, 0.6) is 0 Å². The number of hydrogen-bond acceptors (Lipinski definition) is 7. The molecule has 1 aliphatic heterocycles. The lowest BCUT2D eigenvalue weighted by Crippen LogP contribution is -2.36. The van der Waals surface area contributed by atoms with Gasteiger partial charge in [0.1, 0.15) is 17.5 Å². The second-order valence-corrected chi connectivity index (χ2v) is 7.82. The molecule has 0 saturated carbocycles. The molecule has 0 atom stereocenters. The summed E-state index contributed by atoms with van der Waals surface area (Å²) in [6.07, 6.45) is 3.80. The van der Waals surface area contributed by atoms with Crippen molar-refractivity contribution in [2.45, 2.75) is 19.8 Å². The SMILES string of the molecule is Cc1c(NCCCC(=O)O)nc2cc(F)cc(F)c2c1Nc1cncc(N2CCOCC2)c1. The van der Waals surface area contributed by atoms with Gasteiger partial charge in [-0.3, -0.25) is 9.78 Å². The van der Waals surface area contributed by atoms with Gasteiger partial charge in [0, 0.05) is 43.8 Å². The molecule has 0 bridgehead atoms. The minimum Gasteiger partial charge on any atom is -0.481 e. The number of pyridine rings is 2. The molecule has 0 aliphatic carbocycles. The van der Waals surface area contributed by atoms with Crippen LogP contribution in [0.25, 0.3) is 10.9 Å². The zero-order valence-corrected chi connectivity index (χ0v) is 18.2. The van der Waals surface area contributed by atoms with E-state index in [0.717, 1.165) is 24.8 Å². The van der Waals surface area contributed by atoms with Crippen LogP contribution in [0.15, 0.2) is 30.6 Å². The Morgan fingerprint density at radius 2 is 2.00 bits per heavy atom. The van der Waals surface area contributed by atoms with E-state index in [1.165, 1.54) is 6.07 Å². The number of nitrogens with zero attached hydrogens (tertiary/aromatic N) is 3. The van der Waals surface area contributed by atoms with Crippen LogP contribution in [-0.4, -0.2) is 53.9 Å². The molecule has 4 rings (SSSR count). The molecule has 1 saturated heterocycles. The number of carboxylic acid groups (broad SMARTS) is 1. The molecule has 10 heteroatoms. The summed E-state index contributed by atoms with van der Waals surface area (Å²) in [6.45, 7) is 4.91. The minimum atomic E-state index is -0.890. The van der Waals surface area contributed by atoms with Crippen LogP contribution in [0.3, 0.4) is 0 Å². The Balaban J connectivity index is 1.69. The summed E-state index contributed by atoms with van der Waals surface area (Å²) in [6, 6.07) is 3.93. The maximum absolute atomic E-state index is 14.8. The number of carboxylic acids is 1. The Kier molecular flexibility index (Phi) is 6.83. The van der Waals surface area contributed by atoms with Crippen LogP contribution in [0, 0.1) is 18.6 Å². The predicted octanol–water partition coefficient (Wildman–Crippen LogP) is 4.07. The highest BCUT2D eigenvalue weighted by Crippen LogP contribution is 2.35. The summed E-state index contributed by atoms with van der Waals surface area (Å²) >= 11 is 0. The Labute approximate surface area is 189 Å². The first-order valence-electron chi connectivity index (χ1n) is 10.7. The molecule has 8 nitrogen and oxygen atoms in total. The first-order chi connectivity index (χ1) is 15.9. The van der Waals surface area contributed by atoms with Crippen molar-refractivity contribution in [1.82, 2.24) is 9.97 Å². The highest BCUT2D eigenvalue weighted by molar-refractivity contribution is 5.97. The number of aliphatic carboxylic acids is 1. The second-order valence-electron chi connectivity index (χ2n) is 7.82. The van der Waals surface area contributed by atoms with Crippen molar-refractivity contribution < 1.29 is 23.4 Å². The number of fused-ring (bicyclic) bond motifs is 1. The van der Waals surface area contributed by atoms with Gasteiger partial charge >= 0.3 is 5.97 Å². The molecular weight excluding hydrogens is 432 g/mol. The van der Waals surface area contributed by atoms with Crippen molar-refractivity contribution in [3.05, 3.63) is 47.8 Å². The molecule has 0 radical (unpaired) electrons. The summed E-state index contributed by atoms with van der Waals surface area (Å²) in [5, 5.41) is 15.3. The third kappa shape index (κ3) is 5.28. The molecule has 2 aromatic heterocycles. The van der Waals surface area contributed by atoms with Gasteiger partial charge in [0.2, 0.25) is 0 Å². The average Bonchev–Trinajstić information content (AvgIpc) is 2.79. The van der Waals surface area contributed by atoms with Gasteiger partial charge in [0.15, 0.2) is 0 Å². The predicted molar refractivity (Wildman–Crippen MR) is 122 cm³/mol. The molecule has 3 N–H and O–H groups in total. The Morgan fingerprint density at radius 3 is 2.76 bits per heavy atom. The highest BCUT2D eigenvalue weighted by atomic mass is 19.1. The van der Waals surface area contributed by atoms with Crippen molar-refractivity contribution in [3.8, 4) is 0 Å². The summed E-state index contributed by atoms with van der Waals surface area (Å²) in [5.41, 5.74) is 2.78. The third-order valence-electron chi connectivity index (χ3n) is 5.48.